The molecule has 0 unspecified atom stereocenters. The van der Waals surface area contributed by atoms with Gasteiger partial charge in [0.2, 0.25) is 0 Å². The molecule has 0 atom stereocenters. The van der Waals surface area contributed by atoms with Crippen molar-refractivity contribution in [1.82, 2.24) is 9.62 Å². The highest BCUT2D eigenvalue weighted by atomic mass is 32.2. The maximum atomic E-state index is 14.3. The van der Waals surface area contributed by atoms with E-state index in [2.05, 4.69) is 4.90 Å². The molecule has 2 heterocycles. The van der Waals surface area contributed by atoms with Crippen molar-refractivity contribution in [2.45, 2.75) is 19.3 Å². The third-order valence-corrected chi connectivity index (χ3v) is 5.47. The van der Waals surface area contributed by atoms with Crippen LogP contribution in [-0.4, -0.2) is 50.5 Å². The second kappa shape index (κ2) is 5.97. The Bertz CT molecular complexity index is 709. The van der Waals surface area contributed by atoms with Gasteiger partial charge in [-0.2, -0.15) is 8.42 Å². The molecule has 0 aliphatic carbocycles. The first-order valence-corrected chi connectivity index (χ1v) is 8.88. The van der Waals surface area contributed by atoms with Gasteiger partial charge in [-0.1, -0.05) is 0 Å². The van der Waals surface area contributed by atoms with E-state index in [0.717, 1.165) is 32.5 Å². The summed E-state index contributed by atoms with van der Waals surface area (Å²) in [6.45, 7) is 2.26. The summed E-state index contributed by atoms with van der Waals surface area (Å²) in [6, 6.07) is 2.57. The zero-order valence-electron chi connectivity index (χ0n) is 12.5. The normalized spacial score (nSPS) is 20.9. The van der Waals surface area contributed by atoms with Crippen LogP contribution < -0.4 is 9.03 Å². The molecule has 1 amide bonds. The van der Waals surface area contributed by atoms with Crippen LogP contribution in [0.1, 0.15) is 18.4 Å². The van der Waals surface area contributed by atoms with Gasteiger partial charge >= 0.3 is 10.2 Å². The van der Waals surface area contributed by atoms with Crippen molar-refractivity contribution in [3.05, 3.63) is 23.5 Å². The highest BCUT2D eigenvalue weighted by Gasteiger charge is 2.37. The van der Waals surface area contributed by atoms with E-state index in [0.29, 0.717) is 16.3 Å². The highest BCUT2D eigenvalue weighted by Crippen LogP contribution is 2.34. The number of hydrogen-bond acceptors (Lipinski definition) is 5. The molecular formula is C14H18FN3O4S. The second-order valence-corrected chi connectivity index (χ2v) is 7.38. The van der Waals surface area contributed by atoms with Gasteiger partial charge in [0.1, 0.15) is 18.0 Å². The molecule has 2 aliphatic rings. The highest BCUT2D eigenvalue weighted by molar-refractivity contribution is 7.92. The third-order valence-electron chi connectivity index (χ3n) is 4.09. The molecular weight excluding hydrogens is 325 g/mol. The van der Waals surface area contributed by atoms with Crippen LogP contribution in [0, 0.1) is 5.82 Å². The van der Waals surface area contributed by atoms with Gasteiger partial charge in [-0.25, -0.2) is 13.4 Å². The lowest BCUT2D eigenvalue weighted by Crippen LogP contribution is -2.30. The van der Waals surface area contributed by atoms with Crippen LogP contribution in [0.15, 0.2) is 12.1 Å². The lowest BCUT2D eigenvalue weighted by molar-refractivity contribution is -0.117. The van der Waals surface area contributed by atoms with Crippen molar-refractivity contribution >= 4 is 21.8 Å². The molecule has 2 fully saturated rings. The van der Waals surface area contributed by atoms with Gasteiger partial charge in [0.15, 0.2) is 5.82 Å². The number of carbonyl (C=O) groups is 1. The number of hydrogen-bond donors (Lipinski definition) is 2. The van der Waals surface area contributed by atoms with Gasteiger partial charge in [-0.05, 0) is 50.0 Å². The lowest BCUT2D eigenvalue weighted by Gasteiger charge is -2.19. The number of phenolic OH excluding ortho intramolecular Hbond substituents is 1. The van der Waals surface area contributed by atoms with E-state index in [1.165, 1.54) is 12.1 Å². The fraction of sp³-hybridized carbons (Fsp3) is 0.500. The number of carbonyl (C=O) groups excluding carboxylic acids is 1. The molecule has 0 saturated carbocycles. The second-order valence-electron chi connectivity index (χ2n) is 5.78. The van der Waals surface area contributed by atoms with E-state index in [1.54, 1.807) is 4.72 Å². The minimum Gasteiger partial charge on any atom is -0.506 e. The summed E-state index contributed by atoms with van der Waals surface area (Å²) in [5.74, 6) is -2.11. The van der Waals surface area contributed by atoms with Crippen molar-refractivity contribution in [3.63, 3.8) is 0 Å². The van der Waals surface area contributed by atoms with Crippen molar-refractivity contribution in [2.75, 3.05) is 30.5 Å². The summed E-state index contributed by atoms with van der Waals surface area (Å²) in [6.07, 6.45) is 2.88. The molecule has 9 heteroatoms. The largest absolute Gasteiger partial charge is 0.506 e. The molecule has 2 saturated heterocycles. The molecule has 1 aromatic rings. The minimum absolute atomic E-state index is 0.485. The standard InChI is InChI=1S/C14H18FN3O4S/c15-11-7-10(3-6-17-4-1-2-5-17)8-12(19)14(11)18-9-13(20)16-23(18,21)22/h7-8,19H,1-6,9H2,(H,16,20). The van der Waals surface area contributed by atoms with Gasteiger partial charge in [-0.15, -0.1) is 0 Å². The molecule has 2 aliphatic heterocycles. The van der Waals surface area contributed by atoms with E-state index in [1.807, 2.05) is 0 Å². The number of benzene rings is 1. The van der Waals surface area contributed by atoms with Crippen molar-refractivity contribution in [1.29, 1.82) is 0 Å². The zero-order valence-corrected chi connectivity index (χ0v) is 13.3. The number of anilines is 1. The number of halogens is 1. The van der Waals surface area contributed by atoms with E-state index < -0.39 is 39.9 Å². The van der Waals surface area contributed by atoms with Gasteiger partial charge < -0.3 is 10.0 Å². The van der Waals surface area contributed by atoms with Gasteiger partial charge in [-0.3, -0.25) is 4.79 Å². The Morgan fingerprint density at radius 1 is 1.26 bits per heavy atom. The van der Waals surface area contributed by atoms with Crippen LogP contribution >= 0.6 is 0 Å². The first-order valence-electron chi connectivity index (χ1n) is 7.44. The molecule has 3 rings (SSSR count). The topological polar surface area (TPSA) is 90.0 Å². The Morgan fingerprint density at radius 2 is 1.96 bits per heavy atom. The molecule has 1 aromatic carbocycles. The van der Waals surface area contributed by atoms with Gasteiger partial charge in [0.05, 0.1) is 0 Å². The number of amides is 1. The Kier molecular flexibility index (Phi) is 4.15. The van der Waals surface area contributed by atoms with Crippen LogP contribution in [0.3, 0.4) is 0 Å². The Balaban J connectivity index is 1.81. The van der Waals surface area contributed by atoms with Crippen LogP contribution in [0.5, 0.6) is 5.75 Å². The van der Waals surface area contributed by atoms with Gasteiger partial charge in [0.25, 0.3) is 5.91 Å². The summed E-state index contributed by atoms with van der Waals surface area (Å²) >= 11 is 0. The van der Waals surface area contributed by atoms with E-state index in [-0.39, 0.29) is 0 Å². The summed E-state index contributed by atoms with van der Waals surface area (Å²) < 4.78 is 40.2. The molecule has 0 aromatic heterocycles. The first-order chi connectivity index (χ1) is 10.9. The van der Waals surface area contributed by atoms with E-state index >= 15 is 0 Å². The van der Waals surface area contributed by atoms with E-state index in [4.69, 9.17) is 0 Å². The number of phenols is 1. The van der Waals surface area contributed by atoms with Crippen LogP contribution in [0.4, 0.5) is 10.1 Å². The average Bonchev–Trinajstić information content (AvgIpc) is 3.04. The quantitative estimate of drug-likeness (QED) is 0.823. The predicted molar refractivity (Wildman–Crippen MR) is 81.9 cm³/mol. The maximum absolute atomic E-state index is 14.3. The zero-order chi connectivity index (χ0) is 16.6. The van der Waals surface area contributed by atoms with E-state index in [9.17, 15) is 22.7 Å². The number of rotatable bonds is 4. The van der Waals surface area contributed by atoms with Crippen molar-refractivity contribution < 1.29 is 22.7 Å². The Hall–Kier alpha value is -1.87. The van der Waals surface area contributed by atoms with Crippen LogP contribution in [0.2, 0.25) is 0 Å². The molecule has 126 valence electrons. The number of likely N-dealkylation sites (tertiary alicyclic amines) is 1. The fourth-order valence-corrected chi connectivity index (χ4v) is 4.14. The predicted octanol–water partition coefficient (Wildman–Crippen LogP) is 0.351. The number of nitrogens with zero attached hydrogens (tertiary/aromatic N) is 2. The number of nitrogens with one attached hydrogen (secondary N) is 1. The summed E-state index contributed by atoms with van der Waals surface area (Å²) in [5.41, 5.74) is 0.0970. The summed E-state index contributed by atoms with van der Waals surface area (Å²) in [4.78, 5) is 13.5. The SMILES string of the molecule is O=C1CN(c2c(O)cc(CCN3CCCC3)cc2F)S(=O)(=O)N1. The van der Waals surface area contributed by atoms with Crippen LogP contribution in [0.25, 0.3) is 0 Å². The van der Waals surface area contributed by atoms with Gasteiger partial charge in [0, 0.05) is 6.54 Å². The monoisotopic (exact) mass is 343 g/mol. The Labute approximate surface area is 133 Å². The maximum Gasteiger partial charge on any atom is 0.326 e. The summed E-state index contributed by atoms with van der Waals surface area (Å²) in [7, 11) is -4.15. The van der Waals surface area contributed by atoms with Crippen LogP contribution in [-0.2, 0) is 21.4 Å². The molecule has 7 nitrogen and oxygen atoms in total. The van der Waals surface area contributed by atoms with Crippen molar-refractivity contribution in [3.8, 4) is 5.75 Å². The molecule has 0 bridgehead atoms. The number of aromatic hydroxyl groups is 1. The summed E-state index contributed by atoms with van der Waals surface area (Å²) in [5, 5.41) is 10.0. The lowest BCUT2D eigenvalue weighted by atomic mass is 10.1. The first kappa shape index (κ1) is 16.0. The molecule has 0 radical (unpaired) electrons. The smallest absolute Gasteiger partial charge is 0.326 e. The minimum atomic E-state index is -4.15. The molecule has 0 spiro atoms. The Morgan fingerprint density at radius 3 is 2.52 bits per heavy atom. The third kappa shape index (κ3) is 3.25. The van der Waals surface area contributed by atoms with Crippen molar-refractivity contribution in [2.24, 2.45) is 0 Å². The molecule has 2 N–H and O–H groups in total. The molecule has 23 heavy (non-hydrogen) atoms. The average molecular weight is 343 g/mol. The fourth-order valence-electron chi connectivity index (χ4n) is 2.97.